The third-order valence-electron chi connectivity index (χ3n) is 5.20. The molecule has 3 rings (SSSR count). The van der Waals surface area contributed by atoms with Gasteiger partial charge in [0.25, 0.3) is 5.91 Å². The molecule has 0 saturated heterocycles. The van der Waals surface area contributed by atoms with E-state index in [2.05, 4.69) is 15.8 Å². The van der Waals surface area contributed by atoms with Gasteiger partial charge in [0.2, 0.25) is 5.91 Å². The number of anilines is 1. The molecular weight excluding hydrogens is 366 g/mol. The molecule has 2 aromatic rings. The fraction of sp³-hybridized carbons (Fsp3) is 0.348. The monoisotopic (exact) mass is 393 g/mol. The number of hydrogen-bond acceptors (Lipinski definition) is 4. The Bertz CT molecular complexity index is 884. The van der Waals surface area contributed by atoms with Gasteiger partial charge in [0.1, 0.15) is 5.75 Å². The number of nitrogens with one attached hydrogen (secondary N) is 2. The summed E-state index contributed by atoms with van der Waals surface area (Å²) < 4.78 is 5.13. The van der Waals surface area contributed by atoms with Crippen LogP contribution >= 0.6 is 0 Å². The largest absolute Gasteiger partial charge is 0.497 e. The van der Waals surface area contributed by atoms with Gasteiger partial charge in [0.15, 0.2) is 0 Å². The van der Waals surface area contributed by atoms with E-state index in [1.54, 1.807) is 31.4 Å². The van der Waals surface area contributed by atoms with E-state index in [0.29, 0.717) is 17.0 Å². The Kier molecular flexibility index (Phi) is 7.00. The summed E-state index contributed by atoms with van der Waals surface area (Å²) in [4.78, 5) is 24.6. The van der Waals surface area contributed by atoms with Crippen LogP contribution in [0.5, 0.6) is 5.75 Å². The summed E-state index contributed by atoms with van der Waals surface area (Å²) in [6.45, 7) is 1.82. The number of nitrogens with zero attached hydrogens (tertiary/aromatic N) is 1. The number of ether oxygens (including phenoxy) is 1. The molecule has 0 spiro atoms. The average Bonchev–Trinajstić information content (AvgIpc) is 2.78. The van der Waals surface area contributed by atoms with Gasteiger partial charge < -0.3 is 10.1 Å². The molecule has 2 N–H and O–H groups in total. The molecule has 0 aliphatic heterocycles. The molecule has 152 valence electrons. The van der Waals surface area contributed by atoms with E-state index in [4.69, 9.17) is 4.74 Å². The van der Waals surface area contributed by atoms with Crippen LogP contribution in [0.2, 0.25) is 0 Å². The van der Waals surface area contributed by atoms with Gasteiger partial charge in [-0.05, 0) is 55.7 Å². The number of carbonyl (C=O) groups is 2. The van der Waals surface area contributed by atoms with Crippen molar-refractivity contribution in [3.63, 3.8) is 0 Å². The SMILES string of the molecule is COc1cccc(C(=O)NN=C(C)c2ccc(NC(=O)C3CCCCC3)cc2)c1. The molecule has 29 heavy (non-hydrogen) atoms. The van der Waals surface area contributed by atoms with Gasteiger partial charge in [-0.15, -0.1) is 0 Å². The van der Waals surface area contributed by atoms with Crippen molar-refractivity contribution in [2.45, 2.75) is 39.0 Å². The minimum absolute atomic E-state index is 0.105. The first-order chi connectivity index (χ1) is 14.1. The van der Waals surface area contributed by atoms with Crippen molar-refractivity contribution in [2.24, 2.45) is 11.0 Å². The van der Waals surface area contributed by atoms with Crippen LogP contribution in [0.1, 0.15) is 54.9 Å². The van der Waals surface area contributed by atoms with Gasteiger partial charge in [0, 0.05) is 17.2 Å². The Labute approximate surface area is 171 Å². The minimum atomic E-state index is -0.306. The quantitative estimate of drug-likeness (QED) is 0.565. The third kappa shape index (κ3) is 5.67. The topological polar surface area (TPSA) is 79.8 Å². The molecule has 2 amide bonds. The molecule has 6 nitrogen and oxygen atoms in total. The van der Waals surface area contributed by atoms with Gasteiger partial charge in [-0.2, -0.15) is 5.10 Å². The maximum Gasteiger partial charge on any atom is 0.271 e. The predicted octanol–water partition coefficient (Wildman–Crippen LogP) is 4.37. The summed E-state index contributed by atoms with van der Waals surface area (Å²) in [5.41, 5.74) is 5.35. The lowest BCUT2D eigenvalue weighted by molar-refractivity contribution is -0.120. The van der Waals surface area contributed by atoms with Gasteiger partial charge in [0.05, 0.1) is 12.8 Å². The van der Waals surface area contributed by atoms with Crippen molar-refractivity contribution >= 4 is 23.2 Å². The number of hydrogen-bond donors (Lipinski definition) is 2. The number of amides is 2. The summed E-state index contributed by atoms with van der Waals surface area (Å²) >= 11 is 0. The highest BCUT2D eigenvalue weighted by Crippen LogP contribution is 2.25. The smallest absolute Gasteiger partial charge is 0.271 e. The highest BCUT2D eigenvalue weighted by molar-refractivity contribution is 6.01. The zero-order chi connectivity index (χ0) is 20.6. The van der Waals surface area contributed by atoms with E-state index < -0.39 is 0 Å². The van der Waals surface area contributed by atoms with E-state index in [9.17, 15) is 9.59 Å². The van der Waals surface area contributed by atoms with Crippen molar-refractivity contribution in [2.75, 3.05) is 12.4 Å². The van der Waals surface area contributed by atoms with Crippen LogP contribution in [0.25, 0.3) is 0 Å². The van der Waals surface area contributed by atoms with Gasteiger partial charge in [-0.1, -0.05) is 37.5 Å². The van der Waals surface area contributed by atoms with Crippen LogP contribution in [-0.2, 0) is 4.79 Å². The van der Waals surface area contributed by atoms with Crippen LogP contribution in [0.15, 0.2) is 53.6 Å². The Morgan fingerprint density at radius 3 is 2.41 bits per heavy atom. The van der Waals surface area contributed by atoms with E-state index in [1.807, 2.05) is 31.2 Å². The molecular formula is C23H27N3O3. The summed E-state index contributed by atoms with van der Waals surface area (Å²) in [6, 6.07) is 14.4. The van der Waals surface area contributed by atoms with Crippen molar-refractivity contribution in [3.05, 3.63) is 59.7 Å². The van der Waals surface area contributed by atoms with Gasteiger partial charge in [-0.3, -0.25) is 9.59 Å². The summed E-state index contributed by atoms with van der Waals surface area (Å²) in [6.07, 6.45) is 5.44. The Morgan fingerprint density at radius 2 is 1.72 bits per heavy atom. The lowest BCUT2D eigenvalue weighted by Gasteiger charge is -2.20. The second-order valence-electron chi connectivity index (χ2n) is 7.27. The lowest BCUT2D eigenvalue weighted by Crippen LogP contribution is -2.24. The maximum absolute atomic E-state index is 12.4. The van der Waals surface area contributed by atoms with Crippen LogP contribution < -0.4 is 15.5 Å². The number of methoxy groups -OCH3 is 1. The van der Waals surface area contributed by atoms with Gasteiger partial charge in [-0.25, -0.2) is 5.43 Å². The average molecular weight is 393 g/mol. The molecule has 0 unspecified atom stereocenters. The van der Waals surface area contributed by atoms with Crippen molar-refractivity contribution < 1.29 is 14.3 Å². The number of benzene rings is 2. The van der Waals surface area contributed by atoms with Gasteiger partial charge >= 0.3 is 0 Å². The predicted molar refractivity (Wildman–Crippen MR) is 114 cm³/mol. The fourth-order valence-corrected chi connectivity index (χ4v) is 3.43. The molecule has 2 aromatic carbocycles. The van der Waals surface area contributed by atoms with E-state index in [0.717, 1.165) is 36.9 Å². The third-order valence-corrected chi connectivity index (χ3v) is 5.20. The van der Waals surface area contributed by atoms with Crippen LogP contribution in [0, 0.1) is 5.92 Å². The molecule has 0 radical (unpaired) electrons. The molecule has 1 saturated carbocycles. The zero-order valence-electron chi connectivity index (χ0n) is 16.9. The normalized spacial score (nSPS) is 14.9. The highest BCUT2D eigenvalue weighted by Gasteiger charge is 2.20. The van der Waals surface area contributed by atoms with Crippen molar-refractivity contribution in [1.82, 2.24) is 5.43 Å². The van der Waals surface area contributed by atoms with E-state index >= 15 is 0 Å². The maximum atomic E-state index is 12.4. The second-order valence-corrected chi connectivity index (χ2v) is 7.27. The second kappa shape index (κ2) is 9.87. The van der Waals surface area contributed by atoms with Crippen LogP contribution in [-0.4, -0.2) is 24.6 Å². The zero-order valence-corrected chi connectivity index (χ0v) is 16.9. The number of hydrazone groups is 1. The van der Waals surface area contributed by atoms with E-state index in [1.165, 1.54) is 6.42 Å². The molecule has 0 aromatic heterocycles. The summed E-state index contributed by atoms with van der Waals surface area (Å²) in [5.74, 6) is 0.538. The summed E-state index contributed by atoms with van der Waals surface area (Å²) in [7, 11) is 1.56. The van der Waals surface area contributed by atoms with E-state index in [-0.39, 0.29) is 17.7 Å². The standard InChI is InChI=1S/C23H27N3O3/c1-16(25-26-23(28)19-9-6-10-21(15-19)29-2)17-11-13-20(14-12-17)24-22(27)18-7-4-3-5-8-18/h6,9-15,18H,3-5,7-8H2,1-2H3,(H,24,27)(H,26,28). The Hall–Kier alpha value is -3.15. The number of rotatable bonds is 6. The first kappa shape index (κ1) is 20.6. The number of carbonyl (C=O) groups excluding carboxylic acids is 2. The van der Waals surface area contributed by atoms with Crippen molar-refractivity contribution in [3.8, 4) is 5.75 Å². The molecule has 0 heterocycles. The lowest BCUT2D eigenvalue weighted by atomic mass is 9.88. The Balaban J connectivity index is 1.58. The first-order valence-corrected chi connectivity index (χ1v) is 9.97. The van der Waals surface area contributed by atoms with Crippen LogP contribution in [0.3, 0.4) is 0 Å². The molecule has 1 aliphatic carbocycles. The molecule has 6 heteroatoms. The first-order valence-electron chi connectivity index (χ1n) is 9.97. The molecule has 0 atom stereocenters. The van der Waals surface area contributed by atoms with Crippen LogP contribution in [0.4, 0.5) is 5.69 Å². The molecule has 1 fully saturated rings. The molecule has 0 bridgehead atoms. The van der Waals surface area contributed by atoms with Crippen molar-refractivity contribution in [1.29, 1.82) is 0 Å². The molecule has 1 aliphatic rings. The fourth-order valence-electron chi connectivity index (χ4n) is 3.43. The highest BCUT2D eigenvalue weighted by atomic mass is 16.5. The Morgan fingerprint density at radius 1 is 1.00 bits per heavy atom. The summed E-state index contributed by atoms with van der Waals surface area (Å²) in [5, 5.41) is 7.18. The minimum Gasteiger partial charge on any atom is -0.497 e.